The molecule has 1 fully saturated rings. The van der Waals surface area contributed by atoms with Gasteiger partial charge in [-0.2, -0.15) is 0 Å². The zero-order valence-corrected chi connectivity index (χ0v) is 7.18. The van der Waals surface area contributed by atoms with E-state index in [1.54, 1.807) is 0 Å². The Kier molecular flexibility index (Phi) is 2.30. The van der Waals surface area contributed by atoms with Crippen LogP contribution in [0.25, 0.3) is 0 Å². The van der Waals surface area contributed by atoms with E-state index in [0.29, 0.717) is 0 Å². The van der Waals surface area contributed by atoms with Crippen molar-refractivity contribution in [3.8, 4) is 0 Å². The fourth-order valence-corrected chi connectivity index (χ4v) is 2.18. The summed E-state index contributed by atoms with van der Waals surface area (Å²) < 4.78 is 0. The molecule has 0 saturated heterocycles. The molecular formula is C11H17. The van der Waals surface area contributed by atoms with E-state index >= 15 is 0 Å². The highest BCUT2D eigenvalue weighted by molar-refractivity contribution is 5.10. The lowest BCUT2D eigenvalue weighted by atomic mass is 9.70. The van der Waals surface area contributed by atoms with E-state index in [-0.39, 0.29) is 0 Å². The quantitative estimate of drug-likeness (QED) is 0.462. The van der Waals surface area contributed by atoms with Gasteiger partial charge in [0.2, 0.25) is 0 Å². The van der Waals surface area contributed by atoms with Gasteiger partial charge in [-0.3, -0.25) is 0 Å². The normalized spacial score (nSPS) is 35.8. The lowest BCUT2D eigenvalue weighted by Crippen LogP contribution is -2.22. The number of hydrogen-bond donors (Lipinski definition) is 0. The second-order valence-corrected chi connectivity index (χ2v) is 3.85. The summed E-state index contributed by atoms with van der Waals surface area (Å²) in [6, 6.07) is 0. The monoisotopic (exact) mass is 149 g/mol. The van der Waals surface area contributed by atoms with Gasteiger partial charge in [0.25, 0.3) is 0 Å². The Labute approximate surface area is 69.7 Å². The van der Waals surface area contributed by atoms with Crippen molar-refractivity contribution in [2.24, 2.45) is 5.92 Å². The molecule has 0 aromatic rings. The molecule has 1 atom stereocenters. The summed E-state index contributed by atoms with van der Waals surface area (Å²) >= 11 is 0. The van der Waals surface area contributed by atoms with Crippen molar-refractivity contribution in [1.29, 1.82) is 0 Å². The molecule has 1 unspecified atom stereocenters. The predicted octanol–water partition coefficient (Wildman–Crippen LogP) is 3.49. The van der Waals surface area contributed by atoms with Gasteiger partial charge in [-0.05, 0) is 50.4 Å². The van der Waals surface area contributed by atoms with Gasteiger partial charge in [0.05, 0.1) is 0 Å². The summed E-state index contributed by atoms with van der Waals surface area (Å²) in [7, 11) is 0. The van der Waals surface area contributed by atoms with Gasteiger partial charge < -0.3 is 0 Å². The maximum Gasteiger partial charge on any atom is -0.0172 e. The molecule has 0 aromatic heterocycles. The summed E-state index contributed by atoms with van der Waals surface area (Å²) in [4.78, 5) is 0. The summed E-state index contributed by atoms with van der Waals surface area (Å²) in [6.45, 7) is 0. The van der Waals surface area contributed by atoms with Crippen molar-refractivity contribution < 1.29 is 0 Å². The number of fused-ring (bicyclic) bond motifs is 1. The van der Waals surface area contributed by atoms with Crippen LogP contribution >= 0.6 is 0 Å². The Morgan fingerprint density at radius 1 is 1.09 bits per heavy atom. The van der Waals surface area contributed by atoms with Gasteiger partial charge in [-0.15, -0.1) is 0 Å². The molecule has 2 aliphatic carbocycles. The molecule has 2 aliphatic rings. The molecule has 0 heterocycles. The third-order valence-electron chi connectivity index (χ3n) is 3.11. The van der Waals surface area contributed by atoms with Crippen molar-refractivity contribution in [1.82, 2.24) is 0 Å². The van der Waals surface area contributed by atoms with E-state index < -0.39 is 0 Å². The van der Waals surface area contributed by atoms with E-state index in [4.69, 9.17) is 0 Å². The van der Waals surface area contributed by atoms with Crippen molar-refractivity contribution in [3.63, 3.8) is 0 Å². The number of hydrogen-bond acceptors (Lipinski definition) is 0. The van der Waals surface area contributed by atoms with Gasteiger partial charge in [0.15, 0.2) is 0 Å². The summed E-state index contributed by atoms with van der Waals surface area (Å²) in [6.07, 6.45) is 14.6. The van der Waals surface area contributed by atoms with Crippen molar-refractivity contribution in [2.75, 3.05) is 0 Å². The molecule has 0 N–H and O–H groups in total. The third kappa shape index (κ3) is 1.66. The molecule has 61 valence electrons. The first-order chi connectivity index (χ1) is 5.47. The Balaban J connectivity index is 1.89. The third-order valence-corrected chi connectivity index (χ3v) is 3.11. The van der Waals surface area contributed by atoms with Crippen LogP contribution in [0.4, 0.5) is 0 Å². The molecule has 0 aromatic carbocycles. The smallest absolute Gasteiger partial charge is 0.0172 e. The Bertz CT molecular complexity index is 146. The van der Waals surface area contributed by atoms with Crippen LogP contribution in [0.5, 0.6) is 0 Å². The molecule has 0 nitrogen and oxygen atoms in total. The van der Waals surface area contributed by atoms with Crippen LogP contribution in [0.2, 0.25) is 0 Å². The van der Waals surface area contributed by atoms with Gasteiger partial charge in [-0.1, -0.05) is 18.6 Å². The number of rotatable bonds is 0. The molecule has 1 radical (unpaired) electrons. The van der Waals surface area contributed by atoms with Crippen LogP contribution < -0.4 is 0 Å². The first-order valence-corrected chi connectivity index (χ1v) is 4.96. The molecule has 0 heteroatoms. The summed E-state index contributed by atoms with van der Waals surface area (Å²) in [5.74, 6) is 2.86. The molecule has 0 aliphatic heterocycles. The molecule has 0 amide bonds. The minimum absolute atomic E-state index is 1.03. The standard InChI is InChI=1S/C11H17/c1-2-4-6-10-8-9-11(10)7-5-3-1/h2,4,11H,1,3,5-9H2/b4-2+. The first kappa shape index (κ1) is 7.39. The van der Waals surface area contributed by atoms with E-state index in [1.165, 1.54) is 44.9 Å². The van der Waals surface area contributed by atoms with Gasteiger partial charge >= 0.3 is 0 Å². The fourth-order valence-electron chi connectivity index (χ4n) is 2.18. The highest BCUT2D eigenvalue weighted by Crippen LogP contribution is 2.42. The van der Waals surface area contributed by atoms with Gasteiger partial charge in [0.1, 0.15) is 0 Å². The van der Waals surface area contributed by atoms with E-state index in [2.05, 4.69) is 12.2 Å². The van der Waals surface area contributed by atoms with E-state index in [9.17, 15) is 0 Å². The molecule has 0 spiro atoms. The molecule has 1 saturated carbocycles. The van der Waals surface area contributed by atoms with Crippen LogP contribution in [0, 0.1) is 11.8 Å². The minimum Gasteiger partial charge on any atom is -0.0885 e. The minimum atomic E-state index is 1.03. The van der Waals surface area contributed by atoms with Crippen LogP contribution in [0.15, 0.2) is 12.2 Å². The van der Waals surface area contributed by atoms with Crippen LogP contribution in [-0.4, -0.2) is 0 Å². The Morgan fingerprint density at radius 2 is 2.09 bits per heavy atom. The molecular weight excluding hydrogens is 132 g/mol. The lowest BCUT2D eigenvalue weighted by molar-refractivity contribution is 0.323. The van der Waals surface area contributed by atoms with Crippen molar-refractivity contribution in [2.45, 2.75) is 44.9 Å². The fraction of sp³-hybridized carbons (Fsp3) is 0.727. The SMILES string of the molecule is C1=C/C[C]2CCC2CCCC/1. The highest BCUT2D eigenvalue weighted by atomic mass is 14.3. The molecule has 2 rings (SSSR count). The van der Waals surface area contributed by atoms with Crippen LogP contribution in [0.1, 0.15) is 44.9 Å². The van der Waals surface area contributed by atoms with Crippen LogP contribution in [-0.2, 0) is 0 Å². The van der Waals surface area contributed by atoms with Gasteiger partial charge in [-0.25, -0.2) is 0 Å². The second kappa shape index (κ2) is 3.42. The molecule has 11 heavy (non-hydrogen) atoms. The van der Waals surface area contributed by atoms with E-state index in [1.807, 2.05) is 5.92 Å². The average Bonchev–Trinajstić information content (AvgIpc) is 2.04. The predicted molar refractivity (Wildman–Crippen MR) is 48.2 cm³/mol. The summed E-state index contributed by atoms with van der Waals surface area (Å²) in [5.41, 5.74) is 0. The summed E-state index contributed by atoms with van der Waals surface area (Å²) in [5, 5.41) is 0. The highest BCUT2D eigenvalue weighted by Gasteiger charge is 2.29. The Morgan fingerprint density at radius 3 is 2.91 bits per heavy atom. The maximum absolute atomic E-state index is 2.38. The number of allylic oxidation sites excluding steroid dienone is 2. The zero-order chi connectivity index (χ0) is 7.52. The molecule has 0 bridgehead atoms. The van der Waals surface area contributed by atoms with Crippen molar-refractivity contribution >= 4 is 0 Å². The van der Waals surface area contributed by atoms with Gasteiger partial charge in [0, 0.05) is 0 Å². The largest absolute Gasteiger partial charge is 0.0885 e. The maximum atomic E-state index is 2.38. The van der Waals surface area contributed by atoms with Crippen LogP contribution in [0.3, 0.4) is 0 Å². The lowest BCUT2D eigenvalue weighted by Gasteiger charge is -2.35. The average molecular weight is 149 g/mol. The second-order valence-electron chi connectivity index (χ2n) is 3.85. The van der Waals surface area contributed by atoms with E-state index in [0.717, 1.165) is 5.92 Å². The zero-order valence-electron chi connectivity index (χ0n) is 7.18. The van der Waals surface area contributed by atoms with Crippen molar-refractivity contribution in [3.05, 3.63) is 18.1 Å². The topological polar surface area (TPSA) is 0 Å². The Hall–Kier alpha value is -0.260. The first-order valence-electron chi connectivity index (χ1n) is 4.96.